The predicted octanol–water partition coefficient (Wildman–Crippen LogP) is 5.01. The van der Waals surface area contributed by atoms with Gasteiger partial charge in [0, 0.05) is 47.4 Å². The average Bonchev–Trinajstić information content (AvgIpc) is 2.84. The number of hydrogen-bond acceptors (Lipinski definition) is 4. The van der Waals surface area contributed by atoms with E-state index < -0.39 is 0 Å². The number of nitrogens with zero attached hydrogens (tertiary/aromatic N) is 1. The van der Waals surface area contributed by atoms with Crippen molar-refractivity contribution in [3.63, 3.8) is 0 Å². The number of nitrogens with one attached hydrogen (secondary N) is 1. The van der Waals surface area contributed by atoms with Gasteiger partial charge in [-0.05, 0) is 42.8 Å². The highest BCUT2D eigenvalue weighted by Crippen LogP contribution is 2.46. The quantitative estimate of drug-likeness (QED) is 0.572. The fraction of sp³-hybridized carbons (Fsp3) is 0.304. The van der Waals surface area contributed by atoms with E-state index >= 15 is 0 Å². The summed E-state index contributed by atoms with van der Waals surface area (Å²) < 4.78 is 0. The maximum Gasteiger partial charge on any atom is 0.221 e. The van der Waals surface area contributed by atoms with Crippen LogP contribution in [0.5, 0.6) is 0 Å². The normalized spacial score (nSPS) is 17.3. The van der Waals surface area contributed by atoms with Crippen molar-refractivity contribution in [1.82, 2.24) is 0 Å². The number of anilines is 2. The molecule has 2 aromatic rings. The topological polar surface area (TPSA) is 49.4 Å². The predicted molar refractivity (Wildman–Crippen MR) is 117 cm³/mol. The van der Waals surface area contributed by atoms with E-state index in [1.807, 2.05) is 50.4 Å². The number of amides is 1. The lowest BCUT2D eigenvalue weighted by Crippen LogP contribution is -2.25. The molecule has 4 nitrogen and oxygen atoms in total. The molecule has 1 aliphatic rings. The van der Waals surface area contributed by atoms with Gasteiger partial charge in [0.25, 0.3) is 0 Å². The molecule has 3 rings (SSSR count). The molecule has 5 heteroatoms. The van der Waals surface area contributed by atoms with E-state index in [2.05, 4.69) is 36.2 Å². The Kier molecular flexibility index (Phi) is 5.66. The van der Waals surface area contributed by atoms with Crippen LogP contribution in [0.1, 0.15) is 33.3 Å². The van der Waals surface area contributed by atoms with E-state index in [0.29, 0.717) is 0 Å². The van der Waals surface area contributed by atoms with Gasteiger partial charge in [-0.3, -0.25) is 9.59 Å². The van der Waals surface area contributed by atoms with Gasteiger partial charge >= 0.3 is 0 Å². The monoisotopic (exact) mass is 394 g/mol. The number of para-hydroxylation sites is 1. The molecule has 146 valence electrons. The fourth-order valence-corrected chi connectivity index (χ4v) is 4.48. The molecule has 0 radical (unpaired) electrons. The molecule has 0 aromatic heterocycles. The van der Waals surface area contributed by atoms with Crippen LogP contribution in [0, 0.1) is 0 Å². The van der Waals surface area contributed by atoms with Crippen LogP contribution in [-0.4, -0.2) is 24.0 Å². The van der Waals surface area contributed by atoms with Crippen LogP contribution in [-0.2, 0) is 15.0 Å². The van der Waals surface area contributed by atoms with Crippen molar-refractivity contribution in [2.75, 3.05) is 17.3 Å². The van der Waals surface area contributed by atoms with Crippen molar-refractivity contribution in [2.45, 2.75) is 43.3 Å². The SMILES string of the molecule is CC(=O)Nc1ccc(S[C@H](C)C(=O)/C=C2/N(C)c3ccccc3C2(C)C)cc1. The summed E-state index contributed by atoms with van der Waals surface area (Å²) in [5.74, 6) is -0.00135. The van der Waals surface area contributed by atoms with Crippen molar-refractivity contribution in [3.8, 4) is 0 Å². The lowest BCUT2D eigenvalue weighted by molar-refractivity contribution is -0.114. The van der Waals surface area contributed by atoms with E-state index in [-0.39, 0.29) is 22.4 Å². The van der Waals surface area contributed by atoms with Crippen LogP contribution < -0.4 is 10.2 Å². The first-order valence-electron chi connectivity index (χ1n) is 9.33. The number of likely N-dealkylation sites (N-methyl/N-ethyl adjacent to an activating group) is 1. The molecule has 0 saturated carbocycles. The standard InChI is InChI=1S/C23H26N2O2S/c1-15(28-18-12-10-17(11-13-18)24-16(2)26)21(27)14-22-23(3,4)19-8-6-7-9-20(19)25(22)5/h6-15H,1-5H3,(H,24,26)/b22-14+/t15-/m1/s1. The minimum absolute atomic E-state index is 0.0960. The Morgan fingerprint density at radius 3 is 2.36 bits per heavy atom. The first kappa shape index (κ1) is 20.2. The van der Waals surface area contributed by atoms with E-state index in [0.717, 1.165) is 22.0 Å². The van der Waals surface area contributed by atoms with Crippen molar-refractivity contribution < 1.29 is 9.59 Å². The zero-order valence-electron chi connectivity index (χ0n) is 16.9. The van der Waals surface area contributed by atoms with Gasteiger partial charge < -0.3 is 10.2 Å². The number of carbonyl (C=O) groups excluding carboxylic acids is 2. The highest BCUT2D eigenvalue weighted by molar-refractivity contribution is 8.00. The highest BCUT2D eigenvalue weighted by Gasteiger charge is 2.38. The van der Waals surface area contributed by atoms with Crippen LogP contribution in [0.25, 0.3) is 0 Å². The second kappa shape index (κ2) is 7.84. The molecule has 0 saturated heterocycles. The number of carbonyl (C=O) groups is 2. The average molecular weight is 395 g/mol. The maximum atomic E-state index is 12.9. The van der Waals surface area contributed by atoms with Gasteiger partial charge in [-0.1, -0.05) is 32.0 Å². The van der Waals surface area contributed by atoms with Gasteiger partial charge in [-0.15, -0.1) is 11.8 Å². The van der Waals surface area contributed by atoms with Gasteiger partial charge in [0.15, 0.2) is 5.78 Å². The number of hydrogen-bond donors (Lipinski definition) is 1. The molecule has 0 unspecified atom stereocenters. The van der Waals surface area contributed by atoms with Crippen molar-refractivity contribution in [3.05, 3.63) is 65.9 Å². The first-order valence-corrected chi connectivity index (χ1v) is 10.2. The van der Waals surface area contributed by atoms with Crippen molar-refractivity contribution >= 4 is 34.8 Å². The fourth-order valence-electron chi connectivity index (χ4n) is 3.59. The van der Waals surface area contributed by atoms with Gasteiger partial charge in [0.05, 0.1) is 5.25 Å². The largest absolute Gasteiger partial charge is 0.347 e. The number of rotatable bonds is 5. The Bertz CT molecular complexity index is 932. The highest BCUT2D eigenvalue weighted by atomic mass is 32.2. The molecule has 0 spiro atoms. The van der Waals surface area contributed by atoms with Crippen LogP contribution in [0.3, 0.4) is 0 Å². The molecule has 1 atom stereocenters. The molecule has 2 aromatic carbocycles. The third kappa shape index (κ3) is 3.99. The smallest absolute Gasteiger partial charge is 0.221 e. The molecule has 0 fully saturated rings. The number of fused-ring (bicyclic) bond motifs is 1. The summed E-state index contributed by atoms with van der Waals surface area (Å²) in [5, 5.41) is 2.55. The number of benzene rings is 2. The summed E-state index contributed by atoms with van der Waals surface area (Å²) in [6.07, 6.45) is 1.79. The Morgan fingerprint density at radius 1 is 1.11 bits per heavy atom. The molecular weight excluding hydrogens is 368 g/mol. The van der Waals surface area contributed by atoms with Crippen molar-refractivity contribution in [2.24, 2.45) is 0 Å². The van der Waals surface area contributed by atoms with Gasteiger partial charge in [0.2, 0.25) is 5.91 Å². The Morgan fingerprint density at radius 2 is 1.75 bits per heavy atom. The Balaban J connectivity index is 1.74. The second-order valence-corrected chi connectivity index (χ2v) is 9.01. The van der Waals surface area contributed by atoms with Gasteiger partial charge in [-0.2, -0.15) is 0 Å². The first-order chi connectivity index (χ1) is 13.2. The summed E-state index contributed by atoms with van der Waals surface area (Å²) in [6, 6.07) is 15.8. The van der Waals surface area contributed by atoms with E-state index in [4.69, 9.17) is 0 Å². The van der Waals surface area contributed by atoms with Crippen LogP contribution in [0.4, 0.5) is 11.4 Å². The van der Waals surface area contributed by atoms with E-state index in [1.54, 1.807) is 6.08 Å². The zero-order valence-corrected chi connectivity index (χ0v) is 17.8. The summed E-state index contributed by atoms with van der Waals surface area (Å²) in [7, 11) is 2.02. The number of thioether (sulfide) groups is 1. The molecular formula is C23H26N2O2S. The second-order valence-electron chi connectivity index (χ2n) is 7.60. The maximum absolute atomic E-state index is 12.9. The summed E-state index contributed by atoms with van der Waals surface area (Å²) in [6.45, 7) is 7.73. The molecule has 1 heterocycles. The zero-order chi connectivity index (χ0) is 20.5. The molecule has 28 heavy (non-hydrogen) atoms. The number of allylic oxidation sites excluding steroid dienone is 2. The van der Waals surface area contributed by atoms with Gasteiger partial charge in [0.1, 0.15) is 0 Å². The molecule has 1 amide bonds. The third-order valence-electron chi connectivity index (χ3n) is 5.11. The summed E-state index contributed by atoms with van der Waals surface area (Å²) in [5.41, 5.74) is 3.97. The van der Waals surface area contributed by atoms with E-state index in [9.17, 15) is 9.59 Å². The van der Waals surface area contributed by atoms with Crippen LogP contribution in [0.15, 0.2) is 65.2 Å². The summed E-state index contributed by atoms with van der Waals surface area (Å²) in [4.78, 5) is 27.2. The molecule has 1 N–H and O–H groups in total. The third-order valence-corrected chi connectivity index (χ3v) is 6.24. The molecule has 0 bridgehead atoms. The van der Waals surface area contributed by atoms with Crippen molar-refractivity contribution in [1.29, 1.82) is 0 Å². The minimum atomic E-state index is -0.203. The molecule has 0 aliphatic carbocycles. The number of ketones is 1. The lowest BCUT2D eigenvalue weighted by Gasteiger charge is -2.24. The lowest BCUT2D eigenvalue weighted by atomic mass is 9.83. The Hall–Kier alpha value is -2.53. The Labute approximate surface area is 171 Å². The van der Waals surface area contributed by atoms with Crippen LogP contribution >= 0.6 is 11.8 Å². The minimum Gasteiger partial charge on any atom is -0.347 e. The van der Waals surface area contributed by atoms with E-state index in [1.165, 1.54) is 24.2 Å². The van der Waals surface area contributed by atoms with Gasteiger partial charge in [-0.25, -0.2) is 0 Å². The van der Waals surface area contributed by atoms with Crippen LogP contribution in [0.2, 0.25) is 0 Å². The summed E-state index contributed by atoms with van der Waals surface area (Å²) >= 11 is 1.52. The molecule has 1 aliphatic heterocycles.